The molecule has 0 fully saturated rings. The first kappa shape index (κ1) is 18.6. The van der Waals surface area contributed by atoms with E-state index in [1.807, 2.05) is 0 Å². The Balaban J connectivity index is 0.000000360. The minimum Gasteiger partial charge on any atom is -0.544 e. The maximum atomic E-state index is 10.4. The van der Waals surface area contributed by atoms with E-state index in [1.165, 1.54) is 19.6 Å². The summed E-state index contributed by atoms with van der Waals surface area (Å²) >= 11 is 10.6. The van der Waals surface area contributed by atoms with Gasteiger partial charge in [-0.05, 0) is 68.6 Å². The van der Waals surface area contributed by atoms with E-state index in [-0.39, 0.29) is 4.88 Å². The minimum absolute atomic E-state index is 0.184. The molecule has 0 aliphatic heterocycles. The number of hydrogen-bond donors (Lipinski definition) is 1. The van der Waals surface area contributed by atoms with Gasteiger partial charge in [-0.25, -0.2) is 0 Å². The van der Waals surface area contributed by atoms with Crippen LogP contribution in [-0.2, 0) is 0 Å². The van der Waals surface area contributed by atoms with Gasteiger partial charge in [-0.3, -0.25) is 0 Å². The highest BCUT2D eigenvalue weighted by Gasteiger charge is 2.12. The molecule has 18 heavy (non-hydrogen) atoms. The summed E-state index contributed by atoms with van der Waals surface area (Å²) < 4.78 is 1.97. The summed E-state index contributed by atoms with van der Waals surface area (Å²) in [4.78, 5) is 12.3. The highest BCUT2D eigenvalue weighted by atomic mass is 79.9. The smallest absolute Gasteiger partial charge is 0.0859 e. The fourth-order valence-corrected chi connectivity index (χ4v) is 4.15. The van der Waals surface area contributed by atoms with Crippen molar-refractivity contribution < 1.29 is 14.8 Å². The zero-order chi connectivity index (χ0) is 14.3. The van der Waals surface area contributed by atoms with Crippen LogP contribution in [0.2, 0.25) is 0 Å². The third kappa shape index (κ3) is 5.69. The third-order valence-electron chi connectivity index (χ3n) is 2.44. The lowest BCUT2D eigenvalue weighted by molar-refractivity contribution is -0.894. The lowest BCUT2D eigenvalue weighted by atomic mass is 10.5. The van der Waals surface area contributed by atoms with E-state index in [4.69, 9.17) is 0 Å². The maximum absolute atomic E-state index is 10.4. The summed E-state index contributed by atoms with van der Waals surface area (Å²) in [5, 5.41) is 10.4. The number of carboxylic acid groups (broad SMARTS) is 1. The molecule has 0 spiro atoms. The van der Waals surface area contributed by atoms with Gasteiger partial charge in [0, 0.05) is 0 Å². The number of aromatic carboxylic acids is 1. The first-order valence-corrected chi connectivity index (χ1v) is 8.76. The summed E-state index contributed by atoms with van der Waals surface area (Å²) in [5.74, 6) is -1.17. The van der Waals surface area contributed by atoms with Gasteiger partial charge in [0.15, 0.2) is 0 Å². The van der Waals surface area contributed by atoms with Gasteiger partial charge in [-0.1, -0.05) is 0 Å². The van der Waals surface area contributed by atoms with Crippen LogP contribution in [0.4, 0.5) is 0 Å². The molecule has 0 aliphatic rings. The van der Waals surface area contributed by atoms with Crippen molar-refractivity contribution in [2.24, 2.45) is 0 Å². The van der Waals surface area contributed by atoms with Crippen LogP contribution < -0.4 is 10.0 Å². The van der Waals surface area contributed by atoms with Crippen molar-refractivity contribution in [2.45, 2.75) is 20.8 Å². The fourth-order valence-electron chi connectivity index (χ4n) is 1.25. The van der Waals surface area contributed by atoms with Crippen molar-refractivity contribution in [1.82, 2.24) is 0 Å². The van der Waals surface area contributed by atoms with Crippen molar-refractivity contribution >= 4 is 65.1 Å². The number of carbonyl (C=O) groups excluding carboxylic acids is 1. The molecule has 7 heteroatoms. The molecule has 0 atom stereocenters. The van der Waals surface area contributed by atoms with E-state index in [9.17, 15) is 9.90 Å². The molecule has 0 aliphatic carbocycles. The van der Waals surface area contributed by atoms with Crippen molar-refractivity contribution in [3.63, 3.8) is 0 Å². The van der Waals surface area contributed by atoms with E-state index in [2.05, 4.69) is 68.6 Å². The van der Waals surface area contributed by atoms with Crippen LogP contribution in [0.1, 0.15) is 30.4 Å². The summed E-state index contributed by atoms with van der Waals surface area (Å²) in [6, 6.07) is 0. The quantitative estimate of drug-likeness (QED) is 0.741. The van der Waals surface area contributed by atoms with E-state index in [1.54, 1.807) is 4.90 Å². The molecule has 1 aromatic rings. The summed E-state index contributed by atoms with van der Waals surface area (Å²) in [5.41, 5.74) is 0. The maximum Gasteiger partial charge on any atom is 0.0859 e. The Morgan fingerprint density at radius 1 is 1.11 bits per heavy atom. The Bertz CT molecular complexity index is 386. The van der Waals surface area contributed by atoms with Crippen LogP contribution in [0.15, 0.2) is 12.7 Å². The molecule has 0 bridgehead atoms. The average molecular weight is 466 g/mol. The molecule has 0 saturated carbocycles. The van der Waals surface area contributed by atoms with Gasteiger partial charge in [0.05, 0.1) is 43.2 Å². The first-order chi connectivity index (χ1) is 8.38. The molecule has 0 unspecified atom stereocenters. The van der Waals surface area contributed by atoms with E-state index in [0.717, 1.165) is 15.1 Å². The molecular formula is C11H16Br3NO2S. The van der Waals surface area contributed by atoms with E-state index >= 15 is 0 Å². The van der Waals surface area contributed by atoms with E-state index < -0.39 is 5.97 Å². The van der Waals surface area contributed by atoms with Crippen LogP contribution in [0.3, 0.4) is 0 Å². The van der Waals surface area contributed by atoms with Gasteiger partial charge in [-0.15, -0.1) is 11.3 Å². The second-order valence-corrected chi connectivity index (χ2v) is 7.36. The second kappa shape index (κ2) is 9.47. The average Bonchev–Trinajstić information content (AvgIpc) is 2.60. The summed E-state index contributed by atoms with van der Waals surface area (Å²) in [6.45, 7) is 10.5. The zero-order valence-corrected chi connectivity index (χ0v) is 16.1. The number of hydrogen-bond acceptors (Lipinski definition) is 3. The fraction of sp³-hybridized carbons (Fsp3) is 0.545. The van der Waals surface area contributed by atoms with Gasteiger partial charge >= 0.3 is 0 Å². The van der Waals surface area contributed by atoms with Gasteiger partial charge in [-0.2, -0.15) is 0 Å². The lowest BCUT2D eigenvalue weighted by Crippen LogP contribution is -3.11. The normalized spacial score (nSPS) is 10.2. The Kier molecular flexibility index (Phi) is 9.77. The van der Waals surface area contributed by atoms with Crippen LogP contribution in [-0.4, -0.2) is 25.6 Å². The molecule has 0 amide bonds. The largest absolute Gasteiger partial charge is 0.544 e. The van der Waals surface area contributed by atoms with Gasteiger partial charge < -0.3 is 14.8 Å². The van der Waals surface area contributed by atoms with Gasteiger partial charge in [0.2, 0.25) is 0 Å². The third-order valence-corrected chi connectivity index (χ3v) is 7.46. The topological polar surface area (TPSA) is 44.6 Å². The molecule has 104 valence electrons. The first-order valence-electron chi connectivity index (χ1n) is 5.57. The number of quaternary nitrogens is 1. The monoisotopic (exact) mass is 463 g/mol. The molecular weight excluding hydrogens is 450 g/mol. The SMILES string of the molecule is CC[NH+](CC)CC.O=C([O-])c1sc(Br)c(Br)c1Br. The van der Waals surface area contributed by atoms with Crippen molar-refractivity contribution in [1.29, 1.82) is 0 Å². The standard InChI is InChI=1S/C6H15N.C5HBr3O2S/c1-4-7(5-2)6-3;6-1-2(7)4(8)11-3(1)5(9)10/h4-6H2,1-3H3;(H,9,10). The van der Waals surface area contributed by atoms with E-state index in [0.29, 0.717) is 8.95 Å². The van der Waals surface area contributed by atoms with Gasteiger partial charge in [0.1, 0.15) is 0 Å². The van der Waals surface area contributed by atoms with Gasteiger partial charge in [0.25, 0.3) is 0 Å². The van der Waals surface area contributed by atoms with Crippen molar-refractivity contribution in [2.75, 3.05) is 19.6 Å². The van der Waals surface area contributed by atoms with Crippen LogP contribution in [0, 0.1) is 0 Å². The van der Waals surface area contributed by atoms with Crippen LogP contribution in [0.25, 0.3) is 0 Å². The second-order valence-electron chi connectivity index (χ2n) is 3.43. The number of halogens is 3. The van der Waals surface area contributed by atoms with Crippen LogP contribution >= 0.6 is 59.1 Å². The molecule has 0 saturated heterocycles. The lowest BCUT2D eigenvalue weighted by Gasteiger charge is -2.10. The zero-order valence-electron chi connectivity index (χ0n) is 10.5. The molecule has 3 nitrogen and oxygen atoms in total. The van der Waals surface area contributed by atoms with Crippen molar-refractivity contribution in [3.05, 3.63) is 17.6 Å². The molecule has 1 heterocycles. The molecule has 1 N–H and O–H groups in total. The Morgan fingerprint density at radius 3 is 1.67 bits per heavy atom. The van der Waals surface area contributed by atoms with Crippen molar-refractivity contribution in [3.8, 4) is 0 Å². The number of thiophene rings is 1. The highest BCUT2D eigenvalue weighted by Crippen LogP contribution is 2.40. The number of rotatable bonds is 4. The summed E-state index contributed by atoms with van der Waals surface area (Å²) in [6.07, 6.45) is 0. The summed E-state index contributed by atoms with van der Waals surface area (Å²) in [7, 11) is 0. The molecule has 0 radical (unpaired) electrons. The van der Waals surface area contributed by atoms with Crippen LogP contribution in [0.5, 0.6) is 0 Å². The molecule has 1 aromatic heterocycles. The molecule has 1 rings (SSSR count). The minimum atomic E-state index is -1.17. The predicted octanol–water partition coefficient (Wildman–Crippen LogP) is 2.33. The Labute approximate surface area is 137 Å². The predicted molar refractivity (Wildman–Crippen MR) is 84.3 cm³/mol. The highest BCUT2D eigenvalue weighted by molar-refractivity contribution is 9.14. The number of carboxylic acids is 1. The number of nitrogens with one attached hydrogen (secondary N) is 1. The molecule has 0 aromatic carbocycles. The Hall–Kier alpha value is 0.570. The Morgan fingerprint density at radius 2 is 1.56 bits per heavy atom. The number of carbonyl (C=O) groups is 1.